The fraction of sp³-hybridized carbons (Fsp3) is 0.462. The molecule has 1 aromatic carbocycles. The van der Waals surface area contributed by atoms with Gasteiger partial charge in [0.15, 0.2) is 0 Å². The Labute approximate surface area is 100 Å². The molecule has 3 rings (SSSR count). The van der Waals surface area contributed by atoms with Gasteiger partial charge in [-0.05, 0) is 37.5 Å². The van der Waals surface area contributed by atoms with Crippen molar-refractivity contribution in [2.75, 3.05) is 18.9 Å². The van der Waals surface area contributed by atoms with Crippen LogP contribution in [0.5, 0.6) is 0 Å². The van der Waals surface area contributed by atoms with E-state index in [9.17, 15) is 0 Å². The maximum atomic E-state index is 6.05. The normalized spacial score (nSPS) is 17.7. The number of fused-ring (bicyclic) bond motifs is 1. The molecule has 0 amide bonds. The number of aryl methyl sites for hydroxylation is 1. The van der Waals surface area contributed by atoms with Gasteiger partial charge in [-0.25, -0.2) is 4.98 Å². The average Bonchev–Trinajstić information content (AvgIpc) is 2.65. The molecule has 17 heavy (non-hydrogen) atoms. The molecule has 1 saturated heterocycles. The zero-order valence-electron chi connectivity index (χ0n) is 10.0. The number of ether oxygens (including phenoxy) is 1. The van der Waals surface area contributed by atoms with E-state index in [1.165, 1.54) is 5.56 Å². The Morgan fingerprint density at radius 3 is 2.88 bits per heavy atom. The molecule has 0 aliphatic carbocycles. The summed E-state index contributed by atoms with van der Waals surface area (Å²) in [6.07, 6.45) is 2.03. The lowest BCUT2D eigenvalue weighted by atomic mass is 10.1. The van der Waals surface area contributed by atoms with Crippen LogP contribution in [0.15, 0.2) is 18.2 Å². The van der Waals surface area contributed by atoms with Crippen LogP contribution in [0.25, 0.3) is 11.0 Å². The number of nitrogens with zero attached hydrogens (tertiary/aromatic N) is 2. The van der Waals surface area contributed by atoms with Gasteiger partial charge in [0, 0.05) is 19.3 Å². The van der Waals surface area contributed by atoms with Crippen LogP contribution in [0.4, 0.5) is 5.95 Å². The summed E-state index contributed by atoms with van der Waals surface area (Å²) in [5, 5.41) is 0. The SMILES string of the molecule is Cc1ccc2c(c1)nc(N)n2C1CCOCC1. The zero-order chi connectivity index (χ0) is 11.8. The summed E-state index contributed by atoms with van der Waals surface area (Å²) in [5.41, 5.74) is 9.40. The quantitative estimate of drug-likeness (QED) is 0.819. The molecule has 90 valence electrons. The van der Waals surface area contributed by atoms with E-state index in [2.05, 4.69) is 34.7 Å². The van der Waals surface area contributed by atoms with Crippen molar-refractivity contribution in [3.8, 4) is 0 Å². The Bertz CT molecular complexity index is 541. The molecule has 1 aliphatic heterocycles. The molecule has 2 aromatic rings. The van der Waals surface area contributed by atoms with Gasteiger partial charge in [-0.15, -0.1) is 0 Å². The molecule has 0 unspecified atom stereocenters. The number of hydrogen-bond donors (Lipinski definition) is 1. The Morgan fingerprint density at radius 2 is 2.12 bits per heavy atom. The zero-order valence-corrected chi connectivity index (χ0v) is 10.0. The van der Waals surface area contributed by atoms with Crippen molar-refractivity contribution in [2.24, 2.45) is 0 Å². The third-order valence-electron chi connectivity index (χ3n) is 3.43. The molecule has 0 spiro atoms. The van der Waals surface area contributed by atoms with Gasteiger partial charge in [0.25, 0.3) is 0 Å². The van der Waals surface area contributed by atoms with E-state index in [-0.39, 0.29) is 0 Å². The first-order valence-electron chi connectivity index (χ1n) is 6.07. The van der Waals surface area contributed by atoms with Crippen molar-refractivity contribution in [1.29, 1.82) is 0 Å². The number of hydrogen-bond acceptors (Lipinski definition) is 3. The van der Waals surface area contributed by atoms with Crippen molar-refractivity contribution in [3.05, 3.63) is 23.8 Å². The van der Waals surface area contributed by atoms with Crippen LogP contribution >= 0.6 is 0 Å². The van der Waals surface area contributed by atoms with Crippen molar-refractivity contribution in [3.63, 3.8) is 0 Å². The van der Waals surface area contributed by atoms with Crippen LogP contribution in [0, 0.1) is 6.92 Å². The Kier molecular flexibility index (Phi) is 2.52. The summed E-state index contributed by atoms with van der Waals surface area (Å²) in [5.74, 6) is 0.623. The number of nitrogens with two attached hydrogens (primary N) is 1. The predicted octanol–water partition coefficient (Wildman–Crippen LogP) is 2.28. The summed E-state index contributed by atoms with van der Waals surface area (Å²) in [6.45, 7) is 3.70. The highest BCUT2D eigenvalue weighted by molar-refractivity contribution is 5.79. The number of nitrogen functional groups attached to an aromatic ring is 1. The lowest BCUT2D eigenvalue weighted by molar-refractivity contribution is 0.0711. The van der Waals surface area contributed by atoms with Crippen LogP contribution in [0.3, 0.4) is 0 Å². The molecule has 4 nitrogen and oxygen atoms in total. The van der Waals surface area contributed by atoms with E-state index in [4.69, 9.17) is 10.5 Å². The van der Waals surface area contributed by atoms with Crippen LogP contribution in [-0.2, 0) is 4.74 Å². The molecule has 2 N–H and O–H groups in total. The van der Waals surface area contributed by atoms with Crippen molar-refractivity contribution in [2.45, 2.75) is 25.8 Å². The number of imidazole rings is 1. The minimum atomic E-state index is 0.427. The number of anilines is 1. The van der Waals surface area contributed by atoms with Gasteiger partial charge < -0.3 is 15.0 Å². The third-order valence-corrected chi connectivity index (χ3v) is 3.43. The van der Waals surface area contributed by atoms with Crippen molar-refractivity contribution < 1.29 is 4.74 Å². The number of rotatable bonds is 1. The average molecular weight is 231 g/mol. The standard InChI is InChI=1S/C13H17N3O/c1-9-2-3-12-11(8-9)15-13(14)16(12)10-4-6-17-7-5-10/h2-3,8,10H,4-7H2,1H3,(H2,14,15). The van der Waals surface area contributed by atoms with Gasteiger partial charge >= 0.3 is 0 Å². The molecule has 0 bridgehead atoms. The second-order valence-electron chi connectivity index (χ2n) is 4.68. The van der Waals surface area contributed by atoms with Crippen LogP contribution in [-0.4, -0.2) is 22.8 Å². The highest BCUT2D eigenvalue weighted by Gasteiger charge is 2.20. The molecular weight excluding hydrogens is 214 g/mol. The Balaban J connectivity index is 2.11. The smallest absolute Gasteiger partial charge is 0.201 e. The highest BCUT2D eigenvalue weighted by atomic mass is 16.5. The van der Waals surface area contributed by atoms with Gasteiger partial charge in [0.2, 0.25) is 5.95 Å². The highest BCUT2D eigenvalue weighted by Crippen LogP contribution is 2.29. The third kappa shape index (κ3) is 1.78. The van der Waals surface area contributed by atoms with Crippen LogP contribution in [0.2, 0.25) is 0 Å². The van der Waals surface area contributed by atoms with Gasteiger partial charge in [-0.1, -0.05) is 6.07 Å². The molecule has 1 fully saturated rings. The summed E-state index contributed by atoms with van der Waals surface area (Å²) >= 11 is 0. The maximum absolute atomic E-state index is 6.05. The van der Waals surface area contributed by atoms with Gasteiger partial charge in [0.05, 0.1) is 11.0 Å². The summed E-state index contributed by atoms with van der Waals surface area (Å²) in [7, 11) is 0. The van der Waals surface area contributed by atoms with E-state index < -0.39 is 0 Å². The first-order valence-corrected chi connectivity index (χ1v) is 6.07. The summed E-state index contributed by atoms with van der Waals surface area (Å²) < 4.78 is 7.56. The first kappa shape index (κ1) is 10.6. The lowest BCUT2D eigenvalue weighted by Crippen LogP contribution is -2.20. The monoisotopic (exact) mass is 231 g/mol. The molecular formula is C13H17N3O. The van der Waals surface area contributed by atoms with Crippen molar-refractivity contribution in [1.82, 2.24) is 9.55 Å². The minimum absolute atomic E-state index is 0.427. The largest absolute Gasteiger partial charge is 0.381 e. The van der Waals surface area contributed by atoms with E-state index in [0.717, 1.165) is 37.1 Å². The fourth-order valence-electron chi connectivity index (χ4n) is 2.55. The second kappa shape index (κ2) is 4.04. The molecule has 0 radical (unpaired) electrons. The number of aromatic nitrogens is 2. The predicted molar refractivity (Wildman–Crippen MR) is 68.0 cm³/mol. The van der Waals surface area contributed by atoms with Crippen LogP contribution < -0.4 is 5.73 Å². The molecule has 1 aliphatic rings. The van der Waals surface area contributed by atoms with Gasteiger partial charge in [0.1, 0.15) is 0 Å². The van der Waals surface area contributed by atoms with Crippen LogP contribution in [0.1, 0.15) is 24.4 Å². The topological polar surface area (TPSA) is 53.1 Å². The first-order chi connectivity index (χ1) is 8.25. The molecule has 1 aromatic heterocycles. The Hall–Kier alpha value is -1.55. The molecule has 4 heteroatoms. The minimum Gasteiger partial charge on any atom is -0.381 e. The maximum Gasteiger partial charge on any atom is 0.201 e. The summed E-state index contributed by atoms with van der Waals surface area (Å²) in [6, 6.07) is 6.74. The summed E-state index contributed by atoms with van der Waals surface area (Å²) in [4.78, 5) is 4.45. The fourth-order valence-corrected chi connectivity index (χ4v) is 2.55. The van der Waals surface area contributed by atoms with Crippen molar-refractivity contribution >= 4 is 17.0 Å². The molecule has 2 heterocycles. The van der Waals surface area contributed by atoms with E-state index in [1.807, 2.05) is 0 Å². The lowest BCUT2D eigenvalue weighted by Gasteiger charge is -2.24. The second-order valence-corrected chi connectivity index (χ2v) is 4.68. The van der Waals surface area contributed by atoms with Gasteiger partial charge in [-0.3, -0.25) is 0 Å². The van der Waals surface area contributed by atoms with E-state index >= 15 is 0 Å². The molecule has 0 saturated carbocycles. The Morgan fingerprint density at radius 1 is 1.35 bits per heavy atom. The molecule has 0 atom stereocenters. The van der Waals surface area contributed by atoms with E-state index in [1.54, 1.807) is 0 Å². The number of benzene rings is 1. The van der Waals surface area contributed by atoms with E-state index in [0.29, 0.717) is 12.0 Å². The van der Waals surface area contributed by atoms with Gasteiger partial charge in [-0.2, -0.15) is 0 Å².